The summed E-state index contributed by atoms with van der Waals surface area (Å²) in [4.78, 5) is 8.16. The maximum Gasteiger partial charge on any atom is 0.223 e. The minimum absolute atomic E-state index is 0.150. The summed E-state index contributed by atoms with van der Waals surface area (Å²) in [5.41, 5.74) is 7.56. The molecule has 2 rings (SSSR count). The molecule has 0 aliphatic heterocycles. The lowest BCUT2D eigenvalue weighted by molar-refractivity contribution is 0.952. The smallest absolute Gasteiger partial charge is 0.223 e. The number of aromatic amines is 1. The molecule has 2 aromatic rings. The van der Waals surface area contributed by atoms with Gasteiger partial charge in [-0.05, 0) is 18.6 Å². The Labute approximate surface area is 135 Å². The van der Waals surface area contributed by atoms with Gasteiger partial charge in [-0.2, -0.15) is 15.3 Å². The number of nitrogens with two attached hydrogens (primary N) is 1. The van der Waals surface area contributed by atoms with Crippen LogP contribution < -0.4 is 5.73 Å². The second-order valence-corrected chi connectivity index (χ2v) is 5.78. The summed E-state index contributed by atoms with van der Waals surface area (Å²) in [5.74, 6) is 0.728. The number of hydrogen-bond acceptors (Lipinski definition) is 6. The number of anilines is 1. The van der Waals surface area contributed by atoms with E-state index in [0.717, 1.165) is 5.57 Å². The van der Waals surface area contributed by atoms with Crippen molar-refractivity contribution >= 4 is 52.1 Å². The molecular formula is C12H12Cl2N6S. The molecule has 3 N–H and O–H groups in total. The third-order valence-electron chi connectivity index (χ3n) is 2.47. The average Bonchev–Trinajstić information content (AvgIpc) is 2.86. The Morgan fingerprint density at radius 2 is 2.14 bits per heavy atom. The Hall–Kier alpha value is -1.57. The number of rotatable bonds is 5. The standard InChI is InChI=1S/C12H12Cl2N6S/c1-3-7(8(14)4-6(2)13)5-21-11-9-10(19-20-18-9)16-12(15)17-11/h3-4H,2,5H2,1H3,(H3,15,16,17,18,19,20)/b7-3-,8-4+. The van der Waals surface area contributed by atoms with Crippen molar-refractivity contribution < 1.29 is 0 Å². The fourth-order valence-electron chi connectivity index (χ4n) is 1.50. The molecule has 2 heterocycles. The quantitative estimate of drug-likeness (QED) is 0.492. The molecule has 0 aromatic carbocycles. The van der Waals surface area contributed by atoms with E-state index in [9.17, 15) is 0 Å². The number of thioether (sulfide) groups is 1. The van der Waals surface area contributed by atoms with Gasteiger partial charge in [-0.15, -0.1) is 5.10 Å². The van der Waals surface area contributed by atoms with Gasteiger partial charge in [0.2, 0.25) is 11.6 Å². The number of halogens is 2. The Balaban J connectivity index is 2.21. The first-order chi connectivity index (χ1) is 10.0. The van der Waals surface area contributed by atoms with Crippen molar-refractivity contribution in [2.75, 3.05) is 11.5 Å². The van der Waals surface area contributed by atoms with E-state index in [4.69, 9.17) is 28.9 Å². The maximum absolute atomic E-state index is 6.18. The lowest BCUT2D eigenvalue weighted by atomic mass is 10.2. The summed E-state index contributed by atoms with van der Waals surface area (Å²) in [6, 6.07) is 0. The Bertz CT molecular complexity index is 736. The van der Waals surface area contributed by atoms with Crippen molar-refractivity contribution in [2.24, 2.45) is 0 Å². The van der Waals surface area contributed by atoms with Crippen LogP contribution in [0.4, 0.5) is 5.95 Å². The zero-order chi connectivity index (χ0) is 15.4. The first kappa shape index (κ1) is 15.8. The van der Waals surface area contributed by atoms with Gasteiger partial charge in [0.1, 0.15) is 5.03 Å². The summed E-state index contributed by atoms with van der Waals surface area (Å²) in [6.07, 6.45) is 3.50. The minimum atomic E-state index is 0.150. The van der Waals surface area contributed by atoms with E-state index in [-0.39, 0.29) is 5.95 Å². The van der Waals surface area contributed by atoms with Gasteiger partial charge in [0.05, 0.1) is 0 Å². The number of aromatic nitrogens is 5. The number of H-pyrrole nitrogens is 1. The number of nitrogen functional groups attached to an aromatic ring is 1. The van der Waals surface area contributed by atoms with Gasteiger partial charge in [-0.25, -0.2) is 4.98 Å². The predicted octanol–water partition coefficient (Wildman–Crippen LogP) is 3.24. The first-order valence-corrected chi connectivity index (χ1v) is 7.59. The van der Waals surface area contributed by atoms with Crippen LogP contribution in [0.5, 0.6) is 0 Å². The number of nitrogens with zero attached hydrogens (tertiary/aromatic N) is 4. The fraction of sp³-hybridized carbons (Fsp3) is 0.167. The summed E-state index contributed by atoms with van der Waals surface area (Å²) >= 11 is 13.3. The second-order valence-electron chi connectivity index (χ2n) is 3.92. The van der Waals surface area contributed by atoms with Crippen LogP contribution in [0.25, 0.3) is 11.2 Å². The summed E-state index contributed by atoms with van der Waals surface area (Å²) in [5, 5.41) is 12.0. The van der Waals surface area contributed by atoms with Gasteiger partial charge in [-0.3, -0.25) is 0 Å². The molecule has 0 radical (unpaired) electrons. The van der Waals surface area contributed by atoms with Gasteiger partial charge in [-0.1, -0.05) is 47.6 Å². The Kier molecular flexibility index (Phi) is 5.22. The predicted molar refractivity (Wildman–Crippen MR) is 87.3 cm³/mol. The number of allylic oxidation sites excluding steroid dienone is 4. The molecule has 21 heavy (non-hydrogen) atoms. The zero-order valence-corrected chi connectivity index (χ0v) is 13.4. The van der Waals surface area contributed by atoms with Crippen LogP contribution in [0.3, 0.4) is 0 Å². The maximum atomic E-state index is 6.18. The molecule has 0 spiro atoms. The SMILES string of the molecule is C=C(Cl)/C=C(Cl)\C(=C/C)CSc1nc(N)nc2n[nH]nc12. The van der Waals surface area contributed by atoms with Crippen molar-refractivity contribution in [3.63, 3.8) is 0 Å². The van der Waals surface area contributed by atoms with Crippen LogP contribution in [0.15, 0.2) is 39.4 Å². The molecule has 6 nitrogen and oxygen atoms in total. The van der Waals surface area contributed by atoms with Gasteiger partial charge in [0, 0.05) is 15.8 Å². The molecule has 0 saturated heterocycles. The Morgan fingerprint density at radius 3 is 2.81 bits per heavy atom. The van der Waals surface area contributed by atoms with Crippen molar-refractivity contribution in [1.82, 2.24) is 25.4 Å². The van der Waals surface area contributed by atoms with Crippen LogP contribution in [0.2, 0.25) is 0 Å². The van der Waals surface area contributed by atoms with Crippen LogP contribution in [0, 0.1) is 0 Å². The van der Waals surface area contributed by atoms with Crippen LogP contribution >= 0.6 is 35.0 Å². The second kappa shape index (κ2) is 6.93. The normalized spacial score (nSPS) is 12.9. The fourth-order valence-corrected chi connectivity index (χ4v) is 3.10. The van der Waals surface area contributed by atoms with E-state index in [0.29, 0.717) is 32.0 Å². The molecule has 2 aromatic heterocycles. The highest BCUT2D eigenvalue weighted by molar-refractivity contribution is 7.99. The van der Waals surface area contributed by atoms with Gasteiger partial charge in [0.15, 0.2) is 5.52 Å². The largest absolute Gasteiger partial charge is 0.368 e. The van der Waals surface area contributed by atoms with E-state index < -0.39 is 0 Å². The van der Waals surface area contributed by atoms with E-state index in [1.54, 1.807) is 6.08 Å². The molecular weight excluding hydrogens is 331 g/mol. The molecule has 110 valence electrons. The lowest BCUT2D eigenvalue weighted by Crippen LogP contribution is -1.98. The number of hydrogen-bond donors (Lipinski definition) is 2. The zero-order valence-electron chi connectivity index (χ0n) is 11.1. The molecule has 0 bridgehead atoms. The van der Waals surface area contributed by atoms with Crippen molar-refractivity contribution in [3.05, 3.63) is 34.4 Å². The molecule has 0 aliphatic carbocycles. The molecule has 0 amide bonds. The van der Waals surface area contributed by atoms with E-state index in [1.165, 1.54) is 11.8 Å². The molecule has 0 atom stereocenters. The summed E-state index contributed by atoms with van der Waals surface area (Å²) < 4.78 is 0. The average molecular weight is 343 g/mol. The molecule has 0 aliphatic rings. The topological polar surface area (TPSA) is 93.4 Å². The van der Waals surface area contributed by atoms with E-state index >= 15 is 0 Å². The number of nitrogens with one attached hydrogen (secondary N) is 1. The molecule has 0 saturated carbocycles. The van der Waals surface area contributed by atoms with Gasteiger partial charge in [0.25, 0.3) is 0 Å². The summed E-state index contributed by atoms with van der Waals surface area (Å²) in [6.45, 7) is 5.48. The highest BCUT2D eigenvalue weighted by atomic mass is 35.5. The lowest BCUT2D eigenvalue weighted by Gasteiger charge is -2.06. The highest BCUT2D eigenvalue weighted by Gasteiger charge is 2.12. The van der Waals surface area contributed by atoms with Gasteiger partial charge >= 0.3 is 0 Å². The van der Waals surface area contributed by atoms with Crippen molar-refractivity contribution in [3.8, 4) is 0 Å². The highest BCUT2D eigenvalue weighted by Crippen LogP contribution is 2.28. The minimum Gasteiger partial charge on any atom is -0.368 e. The molecule has 9 heteroatoms. The first-order valence-electron chi connectivity index (χ1n) is 5.85. The van der Waals surface area contributed by atoms with E-state index in [2.05, 4.69) is 32.0 Å². The monoisotopic (exact) mass is 342 g/mol. The molecule has 0 fully saturated rings. The Morgan fingerprint density at radius 1 is 1.38 bits per heavy atom. The van der Waals surface area contributed by atoms with Crippen LogP contribution in [0.1, 0.15) is 6.92 Å². The van der Waals surface area contributed by atoms with E-state index in [1.807, 2.05) is 13.0 Å². The molecule has 0 unspecified atom stereocenters. The van der Waals surface area contributed by atoms with Gasteiger partial charge < -0.3 is 5.73 Å². The number of fused-ring (bicyclic) bond motifs is 1. The third-order valence-corrected chi connectivity index (χ3v) is 3.95. The summed E-state index contributed by atoms with van der Waals surface area (Å²) in [7, 11) is 0. The van der Waals surface area contributed by atoms with Crippen LogP contribution in [-0.2, 0) is 0 Å². The van der Waals surface area contributed by atoms with Crippen molar-refractivity contribution in [1.29, 1.82) is 0 Å². The van der Waals surface area contributed by atoms with Crippen LogP contribution in [-0.4, -0.2) is 31.1 Å². The van der Waals surface area contributed by atoms with Crippen molar-refractivity contribution in [2.45, 2.75) is 11.9 Å². The third kappa shape index (κ3) is 3.96.